The molecule has 0 aromatic carbocycles. The van der Waals surface area contributed by atoms with Crippen molar-refractivity contribution in [2.24, 2.45) is 7.05 Å². The van der Waals surface area contributed by atoms with Crippen LogP contribution in [0.15, 0.2) is 18.5 Å². The van der Waals surface area contributed by atoms with Crippen molar-refractivity contribution in [3.8, 4) is 0 Å². The molecule has 1 N–H and O–H groups in total. The lowest BCUT2D eigenvalue weighted by Gasteiger charge is -2.33. The second-order valence-electron chi connectivity index (χ2n) is 6.35. The van der Waals surface area contributed by atoms with Crippen LogP contribution in [0.25, 0.3) is 0 Å². The first kappa shape index (κ1) is 16.4. The van der Waals surface area contributed by atoms with Crippen molar-refractivity contribution in [3.63, 3.8) is 0 Å². The first-order valence-corrected chi connectivity index (χ1v) is 8.35. The molecule has 0 unspecified atom stereocenters. The molecule has 1 amide bonds. The molecule has 0 saturated carbocycles. The van der Waals surface area contributed by atoms with Crippen LogP contribution in [0.5, 0.6) is 0 Å². The molecule has 3 rings (SSSR count). The Kier molecular flexibility index (Phi) is 4.78. The van der Waals surface area contributed by atoms with Gasteiger partial charge in [0, 0.05) is 49.8 Å². The highest BCUT2D eigenvalue weighted by atomic mass is 16.1. The molecule has 1 aliphatic heterocycles. The molecular weight excluding hydrogens is 304 g/mol. The quantitative estimate of drug-likeness (QED) is 0.911. The van der Waals surface area contributed by atoms with Crippen molar-refractivity contribution < 1.29 is 4.79 Å². The number of hydrogen-bond donors (Lipinski definition) is 1. The maximum Gasteiger partial charge on any atom is 0.225 e. The Hall–Kier alpha value is -2.44. The fourth-order valence-corrected chi connectivity index (χ4v) is 3.24. The monoisotopic (exact) mass is 328 g/mol. The normalized spacial score (nSPS) is 17.8. The van der Waals surface area contributed by atoms with E-state index in [0.29, 0.717) is 6.42 Å². The topological polar surface area (TPSA) is 75.9 Å². The fraction of sp³-hybridized carbons (Fsp3) is 0.529. The van der Waals surface area contributed by atoms with E-state index < -0.39 is 0 Å². The number of nitrogens with one attached hydrogen (secondary N) is 1. The third-order valence-electron chi connectivity index (χ3n) is 4.62. The van der Waals surface area contributed by atoms with Crippen LogP contribution in [0.4, 0.5) is 5.95 Å². The summed E-state index contributed by atoms with van der Waals surface area (Å²) in [5.74, 6) is 0.783. The van der Waals surface area contributed by atoms with Gasteiger partial charge >= 0.3 is 0 Å². The molecule has 7 nitrogen and oxygen atoms in total. The van der Waals surface area contributed by atoms with E-state index in [1.54, 1.807) is 12.4 Å². The Morgan fingerprint density at radius 3 is 2.75 bits per heavy atom. The first-order chi connectivity index (χ1) is 11.5. The highest BCUT2D eigenvalue weighted by Crippen LogP contribution is 2.16. The van der Waals surface area contributed by atoms with Crippen LogP contribution in [-0.4, -0.2) is 44.8 Å². The van der Waals surface area contributed by atoms with Crippen molar-refractivity contribution in [2.75, 3.05) is 18.0 Å². The molecule has 0 radical (unpaired) electrons. The largest absolute Gasteiger partial charge is 0.351 e. The van der Waals surface area contributed by atoms with Gasteiger partial charge in [-0.25, -0.2) is 9.97 Å². The Balaban J connectivity index is 1.60. The van der Waals surface area contributed by atoms with Crippen LogP contribution in [0.1, 0.15) is 29.8 Å². The molecule has 0 bridgehead atoms. The molecule has 3 heterocycles. The van der Waals surface area contributed by atoms with Crippen LogP contribution in [0, 0.1) is 13.8 Å². The molecule has 1 atom stereocenters. The lowest BCUT2D eigenvalue weighted by atomic mass is 10.0. The average Bonchev–Trinajstić information content (AvgIpc) is 2.82. The maximum absolute atomic E-state index is 12.4. The Labute approximate surface area is 142 Å². The summed E-state index contributed by atoms with van der Waals surface area (Å²) in [5.41, 5.74) is 2.99. The maximum atomic E-state index is 12.4. The number of rotatable bonds is 4. The van der Waals surface area contributed by atoms with Gasteiger partial charge in [-0.05, 0) is 32.8 Å². The standard InChI is InChI=1S/C17H24N6O/c1-12-15(13(2)22(3)21-12)10-16(24)20-14-6-4-9-23(11-14)17-18-7-5-8-19-17/h5,7-8,14H,4,6,9-11H2,1-3H3,(H,20,24)/t14-/m1/s1. The predicted molar refractivity (Wildman–Crippen MR) is 91.8 cm³/mol. The lowest BCUT2D eigenvalue weighted by Crippen LogP contribution is -2.48. The summed E-state index contributed by atoms with van der Waals surface area (Å²) in [6.07, 6.45) is 5.88. The van der Waals surface area contributed by atoms with Crippen molar-refractivity contribution in [2.45, 2.75) is 39.2 Å². The minimum atomic E-state index is 0.0510. The van der Waals surface area contributed by atoms with Gasteiger partial charge < -0.3 is 10.2 Å². The van der Waals surface area contributed by atoms with Crippen LogP contribution < -0.4 is 10.2 Å². The molecule has 7 heteroatoms. The number of piperidine rings is 1. The summed E-state index contributed by atoms with van der Waals surface area (Å²) in [6.45, 7) is 5.63. The lowest BCUT2D eigenvalue weighted by molar-refractivity contribution is -0.121. The number of carbonyl (C=O) groups is 1. The number of aromatic nitrogens is 4. The zero-order valence-electron chi connectivity index (χ0n) is 14.5. The van der Waals surface area contributed by atoms with E-state index >= 15 is 0 Å². The molecule has 2 aromatic rings. The van der Waals surface area contributed by atoms with Crippen LogP contribution in [0.3, 0.4) is 0 Å². The molecule has 0 spiro atoms. The Morgan fingerprint density at radius 2 is 2.08 bits per heavy atom. The van der Waals surface area contributed by atoms with Gasteiger partial charge in [0.1, 0.15) is 0 Å². The molecule has 2 aromatic heterocycles. The van der Waals surface area contributed by atoms with Crippen LogP contribution >= 0.6 is 0 Å². The zero-order valence-corrected chi connectivity index (χ0v) is 14.5. The van der Waals surface area contributed by atoms with Gasteiger partial charge in [0.05, 0.1) is 12.1 Å². The molecule has 24 heavy (non-hydrogen) atoms. The van der Waals surface area contributed by atoms with Crippen molar-refractivity contribution in [1.29, 1.82) is 0 Å². The summed E-state index contributed by atoms with van der Waals surface area (Å²) in [4.78, 5) is 23.2. The fourth-order valence-electron chi connectivity index (χ4n) is 3.24. The van der Waals surface area contributed by atoms with Gasteiger partial charge in [0.15, 0.2) is 0 Å². The minimum absolute atomic E-state index is 0.0510. The van der Waals surface area contributed by atoms with Crippen molar-refractivity contribution in [3.05, 3.63) is 35.4 Å². The number of nitrogens with zero attached hydrogens (tertiary/aromatic N) is 5. The van der Waals surface area contributed by atoms with Gasteiger partial charge in [0.2, 0.25) is 11.9 Å². The van der Waals surface area contributed by atoms with E-state index in [-0.39, 0.29) is 11.9 Å². The van der Waals surface area contributed by atoms with Gasteiger partial charge in [-0.2, -0.15) is 5.10 Å². The van der Waals surface area contributed by atoms with E-state index in [9.17, 15) is 4.79 Å². The van der Waals surface area contributed by atoms with Gasteiger partial charge in [0.25, 0.3) is 0 Å². The molecular formula is C17H24N6O. The zero-order chi connectivity index (χ0) is 17.1. The highest BCUT2D eigenvalue weighted by molar-refractivity contribution is 5.79. The number of aryl methyl sites for hydroxylation is 2. The van der Waals surface area contributed by atoms with E-state index in [4.69, 9.17) is 0 Å². The summed E-state index contributed by atoms with van der Waals surface area (Å²) >= 11 is 0. The average molecular weight is 328 g/mol. The summed E-state index contributed by atoms with van der Waals surface area (Å²) in [5, 5.41) is 7.53. The van der Waals surface area contributed by atoms with Gasteiger partial charge in [-0.3, -0.25) is 9.48 Å². The second-order valence-corrected chi connectivity index (χ2v) is 6.35. The number of hydrogen-bond acceptors (Lipinski definition) is 5. The van der Waals surface area contributed by atoms with Crippen molar-refractivity contribution >= 4 is 11.9 Å². The number of amides is 1. The van der Waals surface area contributed by atoms with Gasteiger partial charge in [-0.15, -0.1) is 0 Å². The van der Waals surface area contributed by atoms with E-state index in [1.807, 2.05) is 31.6 Å². The van der Waals surface area contributed by atoms with Crippen molar-refractivity contribution in [1.82, 2.24) is 25.1 Å². The summed E-state index contributed by atoms with van der Waals surface area (Å²) in [6, 6.07) is 1.94. The SMILES string of the molecule is Cc1nn(C)c(C)c1CC(=O)N[C@@H]1CCCN(c2ncccn2)C1. The van der Waals surface area contributed by atoms with E-state index in [2.05, 4.69) is 25.3 Å². The third-order valence-corrected chi connectivity index (χ3v) is 4.62. The molecule has 128 valence electrons. The Morgan fingerprint density at radius 1 is 1.33 bits per heavy atom. The third kappa shape index (κ3) is 3.55. The van der Waals surface area contributed by atoms with Gasteiger partial charge in [-0.1, -0.05) is 0 Å². The number of anilines is 1. The first-order valence-electron chi connectivity index (χ1n) is 8.35. The second kappa shape index (κ2) is 6.98. The molecule has 1 saturated heterocycles. The van der Waals surface area contributed by atoms with Crippen LogP contribution in [-0.2, 0) is 18.3 Å². The van der Waals surface area contributed by atoms with Crippen LogP contribution in [0.2, 0.25) is 0 Å². The summed E-state index contributed by atoms with van der Waals surface area (Å²) < 4.78 is 1.83. The smallest absolute Gasteiger partial charge is 0.225 e. The van der Waals surface area contributed by atoms with E-state index in [0.717, 1.165) is 48.8 Å². The number of carbonyl (C=O) groups excluding carboxylic acids is 1. The molecule has 1 fully saturated rings. The molecule has 1 aliphatic rings. The van der Waals surface area contributed by atoms with E-state index in [1.165, 1.54) is 0 Å². The molecule has 0 aliphatic carbocycles. The summed E-state index contributed by atoms with van der Waals surface area (Å²) in [7, 11) is 1.91. The minimum Gasteiger partial charge on any atom is -0.351 e. The predicted octanol–water partition coefficient (Wildman–Crippen LogP) is 1.15. The highest BCUT2D eigenvalue weighted by Gasteiger charge is 2.23. The Bertz CT molecular complexity index is 711.